The molecule has 1 amide bonds. The van der Waals surface area contributed by atoms with Crippen molar-refractivity contribution in [1.29, 1.82) is 0 Å². The number of rotatable bonds is 7. The molecule has 30 heavy (non-hydrogen) atoms. The van der Waals surface area contributed by atoms with E-state index in [4.69, 9.17) is 4.74 Å². The van der Waals surface area contributed by atoms with E-state index in [2.05, 4.69) is 15.3 Å². The summed E-state index contributed by atoms with van der Waals surface area (Å²) in [7, 11) is 0. The van der Waals surface area contributed by atoms with Gasteiger partial charge in [-0.15, -0.1) is 11.3 Å². The molecule has 0 saturated heterocycles. The van der Waals surface area contributed by atoms with E-state index in [0.29, 0.717) is 20.6 Å². The Hall–Kier alpha value is -2.26. The monoisotopic (exact) mass is 447 g/mol. The lowest BCUT2D eigenvalue weighted by atomic mass is 9.95. The van der Waals surface area contributed by atoms with E-state index in [0.717, 1.165) is 48.4 Å². The van der Waals surface area contributed by atoms with Crippen molar-refractivity contribution in [3.05, 3.63) is 33.0 Å². The normalized spacial score (nSPS) is 12.9. The number of carbonyl (C=O) groups is 3. The molecule has 2 aromatic rings. The average Bonchev–Trinajstić information content (AvgIpc) is 3.03. The van der Waals surface area contributed by atoms with E-state index in [1.54, 1.807) is 13.8 Å². The van der Waals surface area contributed by atoms with Crippen molar-refractivity contribution >= 4 is 45.8 Å². The van der Waals surface area contributed by atoms with Gasteiger partial charge in [-0.05, 0) is 64.5 Å². The lowest BCUT2D eigenvalue weighted by molar-refractivity contribution is -0.113. The van der Waals surface area contributed by atoms with Crippen LogP contribution in [0, 0.1) is 13.8 Å². The maximum absolute atomic E-state index is 12.6. The van der Waals surface area contributed by atoms with Gasteiger partial charge < -0.3 is 10.1 Å². The Morgan fingerprint density at radius 2 is 1.90 bits per heavy atom. The Bertz CT molecular complexity index is 1000. The zero-order valence-corrected chi connectivity index (χ0v) is 19.2. The van der Waals surface area contributed by atoms with Crippen LogP contribution in [0.15, 0.2) is 5.16 Å². The van der Waals surface area contributed by atoms with Crippen LogP contribution in [-0.4, -0.2) is 40.0 Å². The quantitative estimate of drug-likeness (QED) is 0.295. The van der Waals surface area contributed by atoms with Gasteiger partial charge in [-0.25, -0.2) is 14.8 Å². The number of thioether (sulfide) groups is 1. The molecule has 9 heteroatoms. The number of fused-ring (bicyclic) bond motifs is 1. The minimum absolute atomic E-state index is 0.104. The van der Waals surface area contributed by atoms with Crippen LogP contribution in [0.4, 0.5) is 5.00 Å². The van der Waals surface area contributed by atoms with Crippen LogP contribution in [0.1, 0.15) is 69.2 Å². The molecule has 1 aliphatic carbocycles. The lowest BCUT2D eigenvalue weighted by Gasteiger charge is -2.17. The molecule has 2 aromatic heterocycles. The number of nitrogens with zero attached hydrogens (tertiary/aromatic N) is 2. The number of anilines is 1. The summed E-state index contributed by atoms with van der Waals surface area (Å²) in [6.45, 7) is 7.03. The molecule has 1 N–H and O–H groups in total. The molecule has 160 valence electrons. The number of ether oxygens (including phenoxy) is 1. The number of hydrogen-bond donors (Lipinski definition) is 1. The summed E-state index contributed by atoms with van der Waals surface area (Å²) in [5.74, 6) is -0.889. The number of aryl methyl sites for hydroxylation is 2. The van der Waals surface area contributed by atoms with E-state index >= 15 is 0 Å². The second kappa shape index (κ2) is 9.70. The standard InChI is InChI=1S/C21H25N3O4S2/c1-5-28-20(27)17-11(2)18(13(4)25)30-19(17)24-16(26)10-29-21-22-12(3)14-8-6-7-9-15(14)23-21/h5-10H2,1-4H3,(H,24,26). The minimum atomic E-state index is -0.546. The molecule has 0 fully saturated rings. The fourth-order valence-electron chi connectivity index (χ4n) is 3.50. The van der Waals surface area contributed by atoms with Crippen molar-refractivity contribution in [3.63, 3.8) is 0 Å². The summed E-state index contributed by atoms with van der Waals surface area (Å²) in [5, 5.41) is 3.68. The first-order valence-corrected chi connectivity index (χ1v) is 11.7. The van der Waals surface area contributed by atoms with Gasteiger partial charge in [-0.2, -0.15) is 0 Å². The first kappa shape index (κ1) is 22.4. The van der Waals surface area contributed by atoms with E-state index in [1.807, 2.05) is 6.92 Å². The Morgan fingerprint density at radius 1 is 1.17 bits per heavy atom. The highest BCUT2D eigenvalue weighted by atomic mass is 32.2. The number of aromatic nitrogens is 2. The number of hydrogen-bond acceptors (Lipinski definition) is 8. The van der Waals surface area contributed by atoms with Crippen LogP contribution in [0.3, 0.4) is 0 Å². The number of Topliss-reactive ketones (excluding diaryl/α,β-unsaturated/α-hetero) is 1. The molecule has 2 heterocycles. The first-order valence-electron chi connectivity index (χ1n) is 9.92. The number of esters is 1. The summed E-state index contributed by atoms with van der Waals surface area (Å²) in [5.41, 5.74) is 4.07. The van der Waals surface area contributed by atoms with Crippen molar-refractivity contribution in [2.75, 3.05) is 17.7 Å². The zero-order valence-electron chi connectivity index (χ0n) is 17.6. The Morgan fingerprint density at radius 3 is 2.60 bits per heavy atom. The molecule has 0 bridgehead atoms. The number of ketones is 1. The van der Waals surface area contributed by atoms with Gasteiger partial charge in [0.1, 0.15) is 5.00 Å². The molecule has 7 nitrogen and oxygen atoms in total. The number of carbonyl (C=O) groups excluding carboxylic acids is 3. The van der Waals surface area contributed by atoms with Gasteiger partial charge in [-0.3, -0.25) is 9.59 Å². The van der Waals surface area contributed by atoms with Gasteiger partial charge >= 0.3 is 5.97 Å². The SMILES string of the molecule is CCOC(=O)c1c(NC(=O)CSc2nc(C)c3c(n2)CCCC3)sc(C(C)=O)c1C. The van der Waals surface area contributed by atoms with Crippen molar-refractivity contribution in [2.24, 2.45) is 0 Å². The Labute approximate surface area is 184 Å². The predicted molar refractivity (Wildman–Crippen MR) is 118 cm³/mol. The summed E-state index contributed by atoms with van der Waals surface area (Å²) >= 11 is 2.36. The maximum atomic E-state index is 12.6. The van der Waals surface area contributed by atoms with Crippen molar-refractivity contribution in [1.82, 2.24) is 9.97 Å². The van der Waals surface area contributed by atoms with Crippen LogP contribution in [0.5, 0.6) is 0 Å². The number of amides is 1. The van der Waals surface area contributed by atoms with E-state index < -0.39 is 5.97 Å². The topological polar surface area (TPSA) is 98.2 Å². The fraction of sp³-hybridized carbons (Fsp3) is 0.476. The third kappa shape index (κ3) is 4.89. The highest BCUT2D eigenvalue weighted by molar-refractivity contribution is 7.99. The Kier molecular flexibility index (Phi) is 7.25. The van der Waals surface area contributed by atoms with Crippen LogP contribution in [0.25, 0.3) is 0 Å². The van der Waals surface area contributed by atoms with E-state index in [9.17, 15) is 14.4 Å². The van der Waals surface area contributed by atoms with Gasteiger partial charge in [0.05, 0.1) is 22.8 Å². The average molecular weight is 448 g/mol. The summed E-state index contributed by atoms with van der Waals surface area (Å²) in [4.78, 5) is 46.4. The van der Waals surface area contributed by atoms with Gasteiger partial charge in [-0.1, -0.05) is 11.8 Å². The molecule has 0 unspecified atom stereocenters. The largest absolute Gasteiger partial charge is 0.462 e. The third-order valence-corrected chi connectivity index (χ3v) is 7.06. The van der Waals surface area contributed by atoms with Crippen LogP contribution < -0.4 is 5.32 Å². The van der Waals surface area contributed by atoms with Crippen molar-refractivity contribution in [2.45, 2.75) is 58.5 Å². The van der Waals surface area contributed by atoms with Gasteiger partial charge in [0.25, 0.3) is 0 Å². The predicted octanol–water partition coefficient (Wildman–Crippen LogP) is 4.14. The molecule has 0 saturated carbocycles. The second-order valence-corrected chi connectivity index (χ2v) is 9.06. The molecule has 1 aliphatic rings. The van der Waals surface area contributed by atoms with Crippen molar-refractivity contribution in [3.8, 4) is 0 Å². The Balaban J connectivity index is 1.73. The molecule has 0 radical (unpaired) electrons. The summed E-state index contributed by atoms with van der Waals surface area (Å²) in [6.07, 6.45) is 4.25. The second-order valence-electron chi connectivity index (χ2n) is 7.10. The summed E-state index contributed by atoms with van der Waals surface area (Å²) < 4.78 is 5.10. The molecule has 0 aromatic carbocycles. The first-order chi connectivity index (χ1) is 14.3. The molecule has 3 rings (SSSR count). The minimum Gasteiger partial charge on any atom is -0.462 e. The molecule has 0 aliphatic heterocycles. The molecular weight excluding hydrogens is 422 g/mol. The van der Waals surface area contributed by atoms with E-state index in [1.165, 1.54) is 24.2 Å². The molecule has 0 atom stereocenters. The van der Waals surface area contributed by atoms with Crippen molar-refractivity contribution < 1.29 is 19.1 Å². The van der Waals surface area contributed by atoms with Gasteiger partial charge in [0.15, 0.2) is 10.9 Å². The molecular formula is C21H25N3O4S2. The maximum Gasteiger partial charge on any atom is 0.341 e. The van der Waals surface area contributed by atoms with Crippen LogP contribution >= 0.6 is 23.1 Å². The molecule has 0 spiro atoms. The third-order valence-electron chi connectivity index (χ3n) is 4.90. The highest BCUT2D eigenvalue weighted by Crippen LogP contribution is 2.34. The van der Waals surface area contributed by atoms with Crippen LogP contribution in [0.2, 0.25) is 0 Å². The van der Waals surface area contributed by atoms with Gasteiger partial charge in [0, 0.05) is 11.4 Å². The number of thiophene rings is 1. The lowest BCUT2D eigenvalue weighted by Crippen LogP contribution is -2.17. The zero-order chi connectivity index (χ0) is 21.8. The van der Waals surface area contributed by atoms with Gasteiger partial charge in [0.2, 0.25) is 5.91 Å². The summed E-state index contributed by atoms with van der Waals surface area (Å²) in [6, 6.07) is 0. The smallest absolute Gasteiger partial charge is 0.341 e. The number of nitrogens with one attached hydrogen (secondary N) is 1. The van der Waals surface area contributed by atoms with E-state index in [-0.39, 0.29) is 29.6 Å². The van der Waals surface area contributed by atoms with Crippen LogP contribution in [-0.2, 0) is 22.4 Å². The fourth-order valence-corrected chi connectivity index (χ4v) is 5.31. The highest BCUT2D eigenvalue weighted by Gasteiger charge is 2.25.